The first kappa shape index (κ1) is 9.73. The molecule has 2 heterocycles. The average Bonchev–Trinajstić information content (AvgIpc) is 2.57. The number of hydrogen-bond acceptors (Lipinski definition) is 4. The summed E-state index contributed by atoms with van der Waals surface area (Å²) in [5.74, 6) is 0.0440. The number of thiazole rings is 1. The van der Waals surface area contributed by atoms with Gasteiger partial charge in [-0.2, -0.15) is 0 Å². The first-order chi connectivity index (χ1) is 6.68. The van der Waals surface area contributed by atoms with Crippen LogP contribution in [-0.4, -0.2) is 30.0 Å². The largest absolute Gasteiger partial charge is 0.353 e. The van der Waals surface area contributed by atoms with E-state index in [-0.39, 0.29) is 11.9 Å². The van der Waals surface area contributed by atoms with Crippen molar-refractivity contribution in [1.29, 1.82) is 0 Å². The van der Waals surface area contributed by atoms with Crippen LogP contribution in [0.15, 0.2) is 5.38 Å². The summed E-state index contributed by atoms with van der Waals surface area (Å²) in [7, 11) is 0. The molecule has 0 radical (unpaired) electrons. The number of amides is 1. The van der Waals surface area contributed by atoms with Gasteiger partial charge in [-0.1, -0.05) is 11.6 Å². The van der Waals surface area contributed by atoms with E-state index in [0.717, 1.165) is 11.7 Å². The third-order valence-corrected chi connectivity index (χ3v) is 3.41. The van der Waals surface area contributed by atoms with Crippen LogP contribution in [0.25, 0.3) is 0 Å². The van der Waals surface area contributed by atoms with Crippen LogP contribution in [-0.2, 0) is 4.79 Å². The molecule has 0 saturated carbocycles. The third-order valence-electron chi connectivity index (χ3n) is 2.21. The molecule has 76 valence electrons. The summed E-state index contributed by atoms with van der Waals surface area (Å²) < 4.78 is 0. The van der Waals surface area contributed by atoms with Gasteiger partial charge in [0.15, 0.2) is 5.13 Å². The summed E-state index contributed by atoms with van der Waals surface area (Å²) in [5.41, 5.74) is 0. The van der Waals surface area contributed by atoms with Gasteiger partial charge in [0.25, 0.3) is 0 Å². The van der Waals surface area contributed by atoms with Gasteiger partial charge in [0.2, 0.25) is 5.91 Å². The van der Waals surface area contributed by atoms with E-state index in [1.807, 2.05) is 11.8 Å². The van der Waals surface area contributed by atoms with Crippen LogP contribution in [0.3, 0.4) is 0 Å². The molecule has 0 spiro atoms. The lowest BCUT2D eigenvalue weighted by atomic mass is 10.2. The van der Waals surface area contributed by atoms with Crippen LogP contribution in [0, 0.1) is 0 Å². The van der Waals surface area contributed by atoms with E-state index in [4.69, 9.17) is 11.6 Å². The smallest absolute Gasteiger partial charge is 0.242 e. The van der Waals surface area contributed by atoms with E-state index in [9.17, 15) is 4.79 Å². The maximum atomic E-state index is 11.4. The van der Waals surface area contributed by atoms with Crippen LogP contribution in [0.1, 0.15) is 6.92 Å². The predicted octanol–water partition coefficient (Wildman–Crippen LogP) is 1.12. The van der Waals surface area contributed by atoms with Gasteiger partial charge in [0, 0.05) is 18.5 Å². The molecule has 1 aromatic heterocycles. The molecule has 1 aliphatic heterocycles. The van der Waals surface area contributed by atoms with E-state index in [2.05, 4.69) is 10.3 Å². The Hall–Kier alpha value is -0.810. The zero-order valence-electron chi connectivity index (χ0n) is 7.66. The number of aromatic nitrogens is 1. The van der Waals surface area contributed by atoms with Crippen molar-refractivity contribution in [2.75, 3.05) is 18.0 Å². The number of halogens is 1. The van der Waals surface area contributed by atoms with E-state index in [1.165, 1.54) is 11.3 Å². The molecule has 0 aromatic carbocycles. The number of nitrogens with zero attached hydrogens (tertiary/aromatic N) is 2. The van der Waals surface area contributed by atoms with Crippen molar-refractivity contribution in [1.82, 2.24) is 10.3 Å². The maximum Gasteiger partial charge on any atom is 0.242 e. The number of piperazine rings is 1. The molecular weight excluding hydrogens is 222 g/mol. The minimum Gasteiger partial charge on any atom is -0.353 e. The van der Waals surface area contributed by atoms with Gasteiger partial charge >= 0.3 is 0 Å². The molecule has 1 unspecified atom stereocenters. The summed E-state index contributed by atoms with van der Waals surface area (Å²) in [5, 5.41) is 5.88. The molecule has 0 aliphatic carbocycles. The van der Waals surface area contributed by atoms with Gasteiger partial charge in [0.05, 0.1) is 0 Å². The number of nitrogens with one attached hydrogen (secondary N) is 1. The lowest BCUT2D eigenvalue weighted by Crippen LogP contribution is -2.54. The minimum atomic E-state index is -0.161. The van der Waals surface area contributed by atoms with E-state index >= 15 is 0 Å². The fourth-order valence-corrected chi connectivity index (χ4v) is 2.48. The van der Waals surface area contributed by atoms with Crippen molar-refractivity contribution in [3.63, 3.8) is 0 Å². The summed E-state index contributed by atoms with van der Waals surface area (Å²) in [4.78, 5) is 17.5. The fourth-order valence-electron chi connectivity index (χ4n) is 1.42. The maximum absolute atomic E-state index is 11.4. The Morgan fingerprint density at radius 3 is 3.21 bits per heavy atom. The Kier molecular flexibility index (Phi) is 2.60. The molecule has 4 nitrogen and oxygen atoms in total. The lowest BCUT2D eigenvalue weighted by Gasteiger charge is -2.32. The van der Waals surface area contributed by atoms with Crippen LogP contribution in [0.4, 0.5) is 5.13 Å². The molecule has 14 heavy (non-hydrogen) atoms. The molecule has 1 atom stereocenters. The predicted molar refractivity (Wildman–Crippen MR) is 56.9 cm³/mol. The van der Waals surface area contributed by atoms with Crippen LogP contribution >= 0.6 is 22.9 Å². The van der Waals surface area contributed by atoms with Gasteiger partial charge in [-0.3, -0.25) is 4.79 Å². The highest BCUT2D eigenvalue weighted by Crippen LogP contribution is 2.25. The highest BCUT2D eigenvalue weighted by Gasteiger charge is 2.27. The van der Waals surface area contributed by atoms with Crippen LogP contribution in [0.2, 0.25) is 5.15 Å². The monoisotopic (exact) mass is 231 g/mol. The SMILES string of the molecule is CC1C(=O)NCCN1c1nc(Cl)cs1. The summed E-state index contributed by atoms with van der Waals surface area (Å²) in [6, 6.07) is -0.161. The fraction of sp³-hybridized carbons (Fsp3) is 0.500. The Labute approximate surface area is 90.9 Å². The van der Waals surface area contributed by atoms with Gasteiger partial charge in [0.1, 0.15) is 11.2 Å². The van der Waals surface area contributed by atoms with Crippen molar-refractivity contribution in [2.45, 2.75) is 13.0 Å². The van der Waals surface area contributed by atoms with Crippen molar-refractivity contribution in [3.8, 4) is 0 Å². The van der Waals surface area contributed by atoms with E-state index in [0.29, 0.717) is 11.7 Å². The molecule has 0 bridgehead atoms. The molecule has 2 rings (SSSR count). The quantitative estimate of drug-likeness (QED) is 0.788. The molecule has 1 aromatic rings. The molecule has 1 aliphatic rings. The molecule has 1 saturated heterocycles. The number of rotatable bonds is 1. The highest BCUT2D eigenvalue weighted by molar-refractivity contribution is 7.14. The number of carbonyl (C=O) groups excluding carboxylic acids is 1. The van der Waals surface area contributed by atoms with Gasteiger partial charge < -0.3 is 10.2 Å². The van der Waals surface area contributed by atoms with E-state index < -0.39 is 0 Å². The van der Waals surface area contributed by atoms with Crippen molar-refractivity contribution < 1.29 is 4.79 Å². The summed E-state index contributed by atoms with van der Waals surface area (Å²) >= 11 is 7.20. The van der Waals surface area contributed by atoms with Gasteiger partial charge in [-0.25, -0.2) is 4.98 Å². The Morgan fingerprint density at radius 1 is 1.79 bits per heavy atom. The van der Waals surface area contributed by atoms with Crippen molar-refractivity contribution in [2.24, 2.45) is 0 Å². The lowest BCUT2D eigenvalue weighted by molar-refractivity contribution is -0.122. The topological polar surface area (TPSA) is 45.2 Å². The first-order valence-electron chi connectivity index (χ1n) is 4.34. The second kappa shape index (κ2) is 3.74. The second-order valence-corrected chi connectivity index (χ2v) is 4.34. The molecule has 1 fully saturated rings. The van der Waals surface area contributed by atoms with Gasteiger partial charge in [-0.15, -0.1) is 11.3 Å². The molecule has 6 heteroatoms. The second-order valence-electron chi connectivity index (χ2n) is 3.11. The zero-order chi connectivity index (χ0) is 10.1. The molecule has 1 N–H and O–H groups in total. The molecular formula is C8H10ClN3OS. The number of hydrogen-bond donors (Lipinski definition) is 1. The van der Waals surface area contributed by atoms with Crippen LogP contribution in [0.5, 0.6) is 0 Å². The number of anilines is 1. The highest BCUT2D eigenvalue weighted by atomic mass is 35.5. The van der Waals surface area contributed by atoms with Crippen molar-refractivity contribution in [3.05, 3.63) is 10.5 Å². The minimum absolute atomic E-state index is 0.0440. The van der Waals surface area contributed by atoms with Gasteiger partial charge in [-0.05, 0) is 6.92 Å². The summed E-state index contributed by atoms with van der Waals surface area (Å²) in [6.45, 7) is 3.32. The zero-order valence-corrected chi connectivity index (χ0v) is 9.23. The number of carbonyl (C=O) groups is 1. The average molecular weight is 232 g/mol. The Morgan fingerprint density at radius 2 is 2.57 bits per heavy atom. The third kappa shape index (κ3) is 1.69. The first-order valence-corrected chi connectivity index (χ1v) is 5.59. The summed E-state index contributed by atoms with van der Waals surface area (Å²) in [6.07, 6.45) is 0. The van der Waals surface area contributed by atoms with Crippen LogP contribution < -0.4 is 10.2 Å². The normalized spacial score (nSPS) is 22.3. The standard InChI is InChI=1S/C8H10ClN3OS/c1-5-7(13)10-2-3-12(5)8-11-6(9)4-14-8/h4-5H,2-3H2,1H3,(H,10,13). The Bertz CT molecular complexity index is 354. The Balaban J connectivity index is 2.21. The van der Waals surface area contributed by atoms with Crippen molar-refractivity contribution >= 4 is 34.0 Å². The molecule has 1 amide bonds. The van der Waals surface area contributed by atoms with E-state index in [1.54, 1.807) is 5.38 Å².